The van der Waals surface area contributed by atoms with Crippen molar-refractivity contribution in [2.24, 2.45) is 0 Å². The summed E-state index contributed by atoms with van der Waals surface area (Å²) in [5.41, 5.74) is 4.90. The topological polar surface area (TPSA) is 59.9 Å². The summed E-state index contributed by atoms with van der Waals surface area (Å²) in [5, 5.41) is 12.6. The molecular weight excluding hydrogens is 344 g/mol. The second kappa shape index (κ2) is 6.96. The molecule has 1 aliphatic rings. The van der Waals surface area contributed by atoms with E-state index in [2.05, 4.69) is 58.6 Å². The minimum absolute atomic E-state index is 0.343. The number of aromatic nitrogens is 3. The molecule has 1 aromatic heterocycles. The normalized spacial score (nSPS) is 15.5. The first-order chi connectivity index (χ1) is 12.7. The quantitative estimate of drug-likeness (QED) is 0.668. The zero-order valence-electron chi connectivity index (χ0n) is 14.9. The highest BCUT2D eigenvalue weighted by atomic mass is 32.2. The number of nitrogens with zero attached hydrogens (tertiary/aromatic N) is 3. The summed E-state index contributed by atoms with van der Waals surface area (Å²) in [6, 6.07) is 16.5. The minimum Gasteiger partial charge on any atom is -0.448 e. The number of rotatable bonds is 3. The molecule has 26 heavy (non-hydrogen) atoms. The highest BCUT2D eigenvalue weighted by molar-refractivity contribution is 7.98. The molecule has 0 amide bonds. The maximum Gasteiger partial charge on any atom is 0.247 e. The third kappa shape index (κ3) is 3.12. The zero-order valence-corrected chi connectivity index (χ0v) is 15.7. The van der Waals surface area contributed by atoms with E-state index in [1.165, 1.54) is 17.3 Å². The Hall–Kier alpha value is -2.60. The second-order valence-corrected chi connectivity index (χ2v) is 7.23. The lowest BCUT2D eigenvalue weighted by Crippen LogP contribution is -2.17. The SMILES string of the molecule is CSc1nnc2c(n1)OC(c1ccc(C(C)C)cc1)Nc1ccccc1-2. The molecule has 1 unspecified atom stereocenters. The third-order valence-corrected chi connectivity index (χ3v) is 4.96. The standard InChI is InChI=1S/C20H20N4OS/c1-12(2)13-8-10-14(11-9-13)18-21-16-7-5-4-6-15(16)17-19(25-18)22-20(26-3)24-23-17/h4-12,18,21H,1-3H3. The van der Waals surface area contributed by atoms with Gasteiger partial charge in [-0.1, -0.05) is 68.1 Å². The van der Waals surface area contributed by atoms with Crippen LogP contribution in [-0.4, -0.2) is 21.4 Å². The Morgan fingerprint density at radius 3 is 2.54 bits per heavy atom. The average molecular weight is 364 g/mol. The number of fused-ring (bicyclic) bond motifs is 3. The number of hydrogen-bond donors (Lipinski definition) is 1. The molecule has 5 nitrogen and oxygen atoms in total. The Labute approximate surface area is 157 Å². The van der Waals surface area contributed by atoms with Crippen LogP contribution in [0.3, 0.4) is 0 Å². The molecule has 0 fully saturated rings. The molecule has 0 bridgehead atoms. The van der Waals surface area contributed by atoms with Crippen molar-refractivity contribution < 1.29 is 4.74 Å². The lowest BCUT2D eigenvalue weighted by atomic mass is 10.0. The van der Waals surface area contributed by atoms with Gasteiger partial charge >= 0.3 is 0 Å². The molecule has 1 N–H and O–H groups in total. The fraction of sp³-hybridized carbons (Fsp3) is 0.250. The maximum atomic E-state index is 6.23. The van der Waals surface area contributed by atoms with Gasteiger partial charge in [0.05, 0.1) is 0 Å². The van der Waals surface area contributed by atoms with Crippen molar-refractivity contribution in [2.75, 3.05) is 11.6 Å². The van der Waals surface area contributed by atoms with Gasteiger partial charge in [-0.2, -0.15) is 4.98 Å². The lowest BCUT2D eigenvalue weighted by molar-refractivity contribution is 0.225. The van der Waals surface area contributed by atoms with Crippen molar-refractivity contribution in [2.45, 2.75) is 31.1 Å². The molecule has 0 saturated carbocycles. The molecule has 6 heteroatoms. The Balaban J connectivity index is 1.79. The van der Waals surface area contributed by atoms with Gasteiger partial charge in [0.1, 0.15) is 0 Å². The molecule has 4 rings (SSSR count). The molecule has 0 spiro atoms. The van der Waals surface area contributed by atoms with E-state index in [4.69, 9.17) is 4.74 Å². The third-order valence-electron chi connectivity index (χ3n) is 4.42. The zero-order chi connectivity index (χ0) is 18.1. The number of thioether (sulfide) groups is 1. The Bertz CT molecular complexity index is 927. The van der Waals surface area contributed by atoms with Crippen molar-refractivity contribution in [3.63, 3.8) is 0 Å². The predicted octanol–water partition coefficient (Wildman–Crippen LogP) is 4.89. The number of hydrogen-bond acceptors (Lipinski definition) is 6. The molecule has 3 aromatic rings. The van der Waals surface area contributed by atoms with Gasteiger partial charge in [-0.05, 0) is 23.8 Å². The molecular formula is C20H20N4OS. The Morgan fingerprint density at radius 2 is 1.81 bits per heavy atom. The molecule has 0 radical (unpaired) electrons. The van der Waals surface area contributed by atoms with Crippen molar-refractivity contribution in [1.82, 2.24) is 15.2 Å². The maximum absolute atomic E-state index is 6.23. The number of para-hydroxylation sites is 1. The lowest BCUT2D eigenvalue weighted by Gasteiger charge is -2.20. The van der Waals surface area contributed by atoms with Gasteiger partial charge in [0.2, 0.25) is 11.0 Å². The van der Waals surface area contributed by atoms with E-state index in [1.54, 1.807) is 0 Å². The summed E-state index contributed by atoms with van der Waals surface area (Å²) >= 11 is 1.45. The van der Waals surface area contributed by atoms with Gasteiger partial charge in [-0.25, -0.2) is 0 Å². The van der Waals surface area contributed by atoms with Gasteiger partial charge in [-0.15, -0.1) is 10.2 Å². The van der Waals surface area contributed by atoms with Crippen LogP contribution in [0.25, 0.3) is 11.3 Å². The van der Waals surface area contributed by atoms with E-state index in [0.29, 0.717) is 22.6 Å². The van der Waals surface area contributed by atoms with Crippen molar-refractivity contribution in [3.05, 3.63) is 59.7 Å². The van der Waals surface area contributed by atoms with E-state index in [1.807, 2.05) is 30.5 Å². The highest BCUT2D eigenvalue weighted by Crippen LogP contribution is 2.39. The summed E-state index contributed by atoms with van der Waals surface area (Å²) in [6.45, 7) is 4.38. The van der Waals surface area contributed by atoms with E-state index >= 15 is 0 Å². The first-order valence-electron chi connectivity index (χ1n) is 8.57. The van der Waals surface area contributed by atoms with Crippen LogP contribution < -0.4 is 10.1 Å². The smallest absolute Gasteiger partial charge is 0.247 e. The number of benzene rings is 2. The van der Waals surface area contributed by atoms with E-state index in [-0.39, 0.29) is 6.23 Å². The summed E-state index contributed by atoms with van der Waals surface area (Å²) in [6.07, 6.45) is 1.58. The van der Waals surface area contributed by atoms with Crippen LogP contribution in [0.4, 0.5) is 5.69 Å². The largest absolute Gasteiger partial charge is 0.448 e. The van der Waals surface area contributed by atoms with Crippen LogP contribution in [0.15, 0.2) is 53.7 Å². The van der Waals surface area contributed by atoms with Gasteiger partial charge in [0.15, 0.2) is 11.9 Å². The molecule has 132 valence electrons. The first kappa shape index (κ1) is 16.8. The number of anilines is 1. The van der Waals surface area contributed by atoms with Gasteiger partial charge < -0.3 is 10.1 Å². The Morgan fingerprint density at radius 1 is 1.04 bits per heavy atom. The van der Waals surface area contributed by atoms with Crippen LogP contribution in [0.2, 0.25) is 0 Å². The fourth-order valence-electron chi connectivity index (χ4n) is 2.94. The van der Waals surface area contributed by atoms with Crippen LogP contribution in [0, 0.1) is 0 Å². The minimum atomic E-state index is -0.343. The molecule has 1 aliphatic heterocycles. The summed E-state index contributed by atoms with van der Waals surface area (Å²) in [4.78, 5) is 4.54. The number of ether oxygens (including phenoxy) is 1. The molecule has 2 heterocycles. The first-order valence-corrected chi connectivity index (χ1v) is 9.79. The fourth-order valence-corrected chi connectivity index (χ4v) is 3.24. The van der Waals surface area contributed by atoms with Gasteiger partial charge in [0.25, 0.3) is 0 Å². The predicted molar refractivity (Wildman–Crippen MR) is 105 cm³/mol. The van der Waals surface area contributed by atoms with E-state index in [9.17, 15) is 0 Å². The molecule has 1 atom stereocenters. The van der Waals surface area contributed by atoms with E-state index in [0.717, 1.165) is 16.8 Å². The molecule has 2 aromatic carbocycles. The summed E-state index contributed by atoms with van der Waals surface area (Å²) < 4.78 is 6.23. The van der Waals surface area contributed by atoms with Crippen LogP contribution >= 0.6 is 11.8 Å². The summed E-state index contributed by atoms with van der Waals surface area (Å²) in [7, 11) is 0. The van der Waals surface area contributed by atoms with Crippen LogP contribution in [0.5, 0.6) is 5.88 Å². The van der Waals surface area contributed by atoms with Crippen molar-refractivity contribution in [1.29, 1.82) is 0 Å². The molecule has 0 saturated heterocycles. The van der Waals surface area contributed by atoms with Crippen LogP contribution in [-0.2, 0) is 0 Å². The molecule has 0 aliphatic carbocycles. The van der Waals surface area contributed by atoms with Crippen molar-refractivity contribution >= 4 is 17.4 Å². The summed E-state index contributed by atoms with van der Waals surface area (Å²) in [5.74, 6) is 0.995. The Kier molecular flexibility index (Phi) is 4.51. The van der Waals surface area contributed by atoms with Crippen molar-refractivity contribution in [3.8, 4) is 17.1 Å². The van der Waals surface area contributed by atoms with Gasteiger partial charge in [-0.3, -0.25) is 0 Å². The number of nitrogens with one attached hydrogen (secondary N) is 1. The average Bonchev–Trinajstić information content (AvgIpc) is 2.84. The second-order valence-electron chi connectivity index (χ2n) is 6.46. The highest BCUT2D eigenvalue weighted by Gasteiger charge is 2.25. The van der Waals surface area contributed by atoms with Crippen LogP contribution in [0.1, 0.15) is 37.1 Å². The van der Waals surface area contributed by atoms with Gasteiger partial charge in [0, 0.05) is 16.8 Å². The monoisotopic (exact) mass is 364 g/mol. The van der Waals surface area contributed by atoms with E-state index < -0.39 is 0 Å².